The van der Waals surface area contributed by atoms with Crippen LogP contribution in [0.2, 0.25) is 0 Å². The zero-order chi connectivity index (χ0) is 6.88. The van der Waals surface area contributed by atoms with E-state index in [1.165, 1.54) is 0 Å². The molecule has 0 amide bonds. The van der Waals surface area contributed by atoms with Crippen LogP contribution >= 0.6 is 0 Å². The molecule has 3 fully saturated rings. The Morgan fingerprint density at radius 1 is 1.00 bits per heavy atom. The van der Waals surface area contributed by atoms with Crippen LogP contribution in [0, 0.1) is 11.8 Å². The van der Waals surface area contributed by atoms with Crippen molar-refractivity contribution in [2.75, 3.05) is 0 Å². The van der Waals surface area contributed by atoms with Gasteiger partial charge in [0.25, 0.3) is 0 Å². The third-order valence-electron chi connectivity index (χ3n) is 3.18. The van der Waals surface area contributed by atoms with Crippen LogP contribution in [0.3, 0.4) is 0 Å². The van der Waals surface area contributed by atoms with Crippen LogP contribution in [0.1, 0.15) is 6.42 Å². The number of ether oxygens (including phenoxy) is 1. The summed E-state index contributed by atoms with van der Waals surface area (Å²) in [6.45, 7) is 0. The Hall–Kier alpha value is -0.120. The van der Waals surface area contributed by atoms with Gasteiger partial charge >= 0.3 is 0 Å². The second-order valence-corrected chi connectivity index (χ2v) is 3.61. The van der Waals surface area contributed by atoms with Gasteiger partial charge in [0.05, 0.1) is 24.4 Å². The number of hydrogen-bond acceptors (Lipinski definition) is 3. The summed E-state index contributed by atoms with van der Waals surface area (Å²) in [7, 11) is 0. The van der Waals surface area contributed by atoms with Crippen LogP contribution in [0.25, 0.3) is 0 Å². The average Bonchev–Trinajstić information content (AvgIpc) is 2.57. The lowest BCUT2D eigenvalue weighted by Gasteiger charge is -2.18. The van der Waals surface area contributed by atoms with Gasteiger partial charge in [-0.2, -0.15) is 0 Å². The summed E-state index contributed by atoms with van der Waals surface area (Å²) in [5, 5.41) is 18.7. The van der Waals surface area contributed by atoms with E-state index in [0.29, 0.717) is 12.2 Å². The fourth-order valence-corrected chi connectivity index (χ4v) is 2.58. The maximum atomic E-state index is 9.35. The van der Waals surface area contributed by atoms with Crippen LogP contribution in [-0.2, 0) is 4.74 Å². The average molecular weight is 142 g/mol. The van der Waals surface area contributed by atoms with E-state index >= 15 is 0 Å². The SMILES string of the molecule is OC1C(O)C2CC1C1OC21. The fraction of sp³-hybridized carbons (Fsp3) is 1.00. The van der Waals surface area contributed by atoms with Gasteiger partial charge in [0.1, 0.15) is 0 Å². The molecule has 2 bridgehead atoms. The molecule has 6 unspecified atom stereocenters. The molecule has 3 heteroatoms. The van der Waals surface area contributed by atoms with Gasteiger partial charge in [-0.3, -0.25) is 0 Å². The van der Waals surface area contributed by atoms with Crippen LogP contribution in [0.4, 0.5) is 0 Å². The van der Waals surface area contributed by atoms with Gasteiger partial charge in [-0.25, -0.2) is 0 Å². The molecule has 2 N–H and O–H groups in total. The maximum Gasteiger partial charge on any atom is 0.0899 e. The highest BCUT2D eigenvalue weighted by Gasteiger charge is 2.67. The first-order valence-corrected chi connectivity index (χ1v) is 3.80. The number of aliphatic hydroxyl groups is 2. The lowest BCUT2D eigenvalue weighted by Crippen LogP contribution is -2.36. The van der Waals surface area contributed by atoms with E-state index in [4.69, 9.17) is 4.74 Å². The predicted molar refractivity (Wildman–Crippen MR) is 32.3 cm³/mol. The summed E-state index contributed by atoms with van der Waals surface area (Å²) in [6.07, 6.45) is 0.548. The summed E-state index contributed by atoms with van der Waals surface area (Å²) in [6, 6.07) is 0. The van der Waals surface area contributed by atoms with Crippen LogP contribution in [0.5, 0.6) is 0 Å². The van der Waals surface area contributed by atoms with E-state index in [2.05, 4.69) is 0 Å². The monoisotopic (exact) mass is 142 g/mol. The normalized spacial score (nSPS) is 70.2. The van der Waals surface area contributed by atoms with Crippen molar-refractivity contribution in [1.29, 1.82) is 0 Å². The molecule has 3 aliphatic rings. The van der Waals surface area contributed by atoms with Crippen molar-refractivity contribution in [1.82, 2.24) is 0 Å². The molecule has 1 aliphatic heterocycles. The van der Waals surface area contributed by atoms with E-state index in [1.54, 1.807) is 0 Å². The van der Waals surface area contributed by atoms with Gasteiger partial charge in [-0.05, 0) is 6.42 Å². The number of epoxide rings is 1. The number of fused-ring (bicyclic) bond motifs is 5. The van der Waals surface area contributed by atoms with Crippen molar-refractivity contribution >= 4 is 0 Å². The van der Waals surface area contributed by atoms with Gasteiger partial charge < -0.3 is 14.9 Å². The van der Waals surface area contributed by atoms with Crippen molar-refractivity contribution in [3.8, 4) is 0 Å². The Morgan fingerprint density at radius 2 is 1.50 bits per heavy atom. The number of aliphatic hydroxyl groups excluding tert-OH is 2. The summed E-state index contributed by atoms with van der Waals surface area (Å²) >= 11 is 0. The quantitative estimate of drug-likeness (QED) is 0.432. The van der Waals surface area contributed by atoms with E-state index in [0.717, 1.165) is 6.42 Å². The maximum absolute atomic E-state index is 9.35. The summed E-state index contributed by atoms with van der Waals surface area (Å²) in [5.74, 6) is 0.481. The van der Waals surface area contributed by atoms with Crippen LogP contribution in [0.15, 0.2) is 0 Å². The van der Waals surface area contributed by atoms with Gasteiger partial charge in [-0.1, -0.05) is 0 Å². The Morgan fingerprint density at radius 3 is 1.90 bits per heavy atom. The highest BCUT2D eigenvalue weighted by molar-refractivity contribution is 5.14. The van der Waals surface area contributed by atoms with Gasteiger partial charge in [0.15, 0.2) is 0 Å². The first-order valence-electron chi connectivity index (χ1n) is 3.80. The Bertz CT molecular complexity index is 164. The van der Waals surface area contributed by atoms with Crippen molar-refractivity contribution in [3.05, 3.63) is 0 Å². The summed E-state index contributed by atoms with van der Waals surface area (Å²) in [4.78, 5) is 0. The highest BCUT2D eigenvalue weighted by Crippen LogP contribution is 2.56. The van der Waals surface area contributed by atoms with Gasteiger partial charge in [0.2, 0.25) is 0 Å². The molecule has 1 heterocycles. The van der Waals surface area contributed by atoms with Gasteiger partial charge in [0, 0.05) is 11.8 Å². The zero-order valence-corrected chi connectivity index (χ0v) is 5.47. The van der Waals surface area contributed by atoms with Crippen molar-refractivity contribution in [2.45, 2.75) is 30.8 Å². The third kappa shape index (κ3) is 0.418. The zero-order valence-electron chi connectivity index (χ0n) is 5.47. The smallest absolute Gasteiger partial charge is 0.0899 e. The first kappa shape index (κ1) is 5.52. The van der Waals surface area contributed by atoms with E-state index in [1.807, 2.05) is 0 Å². The van der Waals surface area contributed by atoms with E-state index in [9.17, 15) is 10.2 Å². The summed E-state index contributed by atoms with van der Waals surface area (Å²) in [5.41, 5.74) is 0. The Balaban J connectivity index is 1.96. The molecular formula is C7H10O3. The predicted octanol–water partition coefficient (Wildman–Crippen LogP) is -0.875. The minimum atomic E-state index is -0.506. The summed E-state index contributed by atoms with van der Waals surface area (Å²) < 4.78 is 5.26. The molecule has 6 atom stereocenters. The van der Waals surface area contributed by atoms with Gasteiger partial charge in [-0.15, -0.1) is 0 Å². The fourth-order valence-electron chi connectivity index (χ4n) is 2.58. The molecule has 3 rings (SSSR count). The lowest BCUT2D eigenvalue weighted by atomic mass is 9.95. The molecular weight excluding hydrogens is 132 g/mol. The van der Waals surface area contributed by atoms with Crippen molar-refractivity contribution < 1.29 is 14.9 Å². The van der Waals surface area contributed by atoms with Crippen LogP contribution in [-0.4, -0.2) is 34.6 Å². The first-order chi connectivity index (χ1) is 4.79. The van der Waals surface area contributed by atoms with E-state index < -0.39 is 12.2 Å². The number of rotatable bonds is 0. The van der Waals surface area contributed by atoms with Crippen molar-refractivity contribution in [3.63, 3.8) is 0 Å². The Labute approximate surface area is 58.6 Å². The molecule has 0 radical (unpaired) electrons. The topological polar surface area (TPSA) is 53.0 Å². The molecule has 3 nitrogen and oxygen atoms in total. The number of hydrogen-bond donors (Lipinski definition) is 2. The molecule has 0 aromatic heterocycles. The third-order valence-corrected chi connectivity index (χ3v) is 3.18. The minimum absolute atomic E-state index is 0.241. The van der Waals surface area contributed by atoms with Crippen LogP contribution < -0.4 is 0 Å². The molecule has 2 aliphatic carbocycles. The molecule has 1 saturated heterocycles. The molecule has 0 aromatic rings. The second-order valence-electron chi connectivity index (χ2n) is 3.61. The molecule has 2 saturated carbocycles. The molecule has 0 aromatic carbocycles. The lowest BCUT2D eigenvalue weighted by molar-refractivity contribution is -0.00696. The highest BCUT2D eigenvalue weighted by atomic mass is 16.6. The van der Waals surface area contributed by atoms with Crippen molar-refractivity contribution in [2.24, 2.45) is 11.8 Å². The second kappa shape index (κ2) is 1.40. The Kier molecular flexibility index (Phi) is 0.770. The molecule has 10 heavy (non-hydrogen) atoms. The minimum Gasteiger partial charge on any atom is -0.390 e. The van der Waals surface area contributed by atoms with E-state index in [-0.39, 0.29) is 11.8 Å². The molecule has 0 spiro atoms. The molecule has 56 valence electrons. The largest absolute Gasteiger partial charge is 0.390 e. The standard InChI is InChI=1S/C7H10O3/c8-4-2-1-3(5(4)9)7-6(2)10-7/h2-9H,1H2.